The normalized spacial score (nSPS) is 16.8. The summed E-state index contributed by atoms with van der Waals surface area (Å²) in [5, 5.41) is -0.546. The molecule has 2 saturated heterocycles. The number of piperazine rings is 1. The van der Waals surface area contributed by atoms with Crippen molar-refractivity contribution in [3.63, 3.8) is 0 Å². The molecule has 7 nitrogen and oxygen atoms in total. The lowest BCUT2D eigenvalue weighted by atomic mass is 10.1. The lowest BCUT2D eigenvalue weighted by Gasteiger charge is -2.36. The van der Waals surface area contributed by atoms with E-state index in [1.807, 2.05) is 24.3 Å². The van der Waals surface area contributed by atoms with Gasteiger partial charge in [-0.25, -0.2) is 8.78 Å². The Balaban J connectivity index is 1.26. The third-order valence-electron chi connectivity index (χ3n) is 6.64. The van der Waals surface area contributed by atoms with E-state index in [-0.39, 0.29) is 22.9 Å². The molecule has 39 heavy (non-hydrogen) atoms. The van der Waals surface area contributed by atoms with Gasteiger partial charge in [0, 0.05) is 43.4 Å². The number of hydrogen-bond donors (Lipinski definition) is 0. The summed E-state index contributed by atoms with van der Waals surface area (Å²) in [6.45, 7) is 2.11. The van der Waals surface area contributed by atoms with Gasteiger partial charge < -0.3 is 14.5 Å². The van der Waals surface area contributed by atoms with Gasteiger partial charge in [0.25, 0.3) is 17.1 Å². The molecule has 2 heterocycles. The van der Waals surface area contributed by atoms with Gasteiger partial charge in [-0.2, -0.15) is 0 Å². The summed E-state index contributed by atoms with van der Waals surface area (Å²) in [6, 6.07) is 17.6. The highest BCUT2D eigenvalue weighted by atomic mass is 32.2. The van der Waals surface area contributed by atoms with Crippen LogP contribution >= 0.6 is 11.8 Å². The topological polar surface area (TPSA) is 70.2 Å². The molecule has 0 radical (unpaired) electrons. The fourth-order valence-corrected chi connectivity index (χ4v) is 5.43. The summed E-state index contributed by atoms with van der Waals surface area (Å²) in [6.07, 6.45) is 1.54. The van der Waals surface area contributed by atoms with Crippen molar-refractivity contribution in [3.05, 3.63) is 100.0 Å². The monoisotopic (exact) mass is 549 g/mol. The summed E-state index contributed by atoms with van der Waals surface area (Å²) in [5.74, 6) is -1.47. The van der Waals surface area contributed by atoms with Crippen LogP contribution in [0.2, 0.25) is 0 Å². The highest BCUT2D eigenvalue weighted by Gasteiger charge is 2.35. The largest absolute Gasteiger partial charge is 0.495 e. The number of para-hydroxylation sites is 2. The van der Waals surface area contributed by atoms with Crippen LogP contribution in [0.1, 0.15) is 21.5 Å². The third kappa shape index (κ3) is 5.65. The van der Waals surface area contributed by atoms with E-state index in [4.69, 9.17) is 4.74 Å². The zero-order valence-electron chi connectivity index (χ0n) is 21.1. The van der Waals surface area contributed by atoms with E-state index in [0.29, 0.717) is 43.4 Å². The molecule has 0 atom stereocenters. The quantitative estimate of drug-likeness (QED) is 0.395. The predicted octanol–water partition coefficient (Wildman–Crippen LogP) is 5.17. The Morgan fingerprint density at radius 1 is 0.974 bits per heavy atom. The first-order chi connectivity index (χ1) is 18.8. The van der Waals surface area contributed by atoms with Gasteiger partial charge in [-0.05, 0) is 53.7 Å². The Labute approximate surface area is 228 Å². The Kier molecular flexibility index (Phi) is 7.65. The van der Waals surface area contributed by atoms with Crippen molar-refractivity contribution >= 4 is 40.6 Å². The molecular formula is C29H25F2N3O4S. The van der Waals surface area contributed by atoms with Gasteiger partial charge in [-0.1, -0.05) is 30.3 Å². The summed E-state index contributed by atoms with van der Waals surface area (Å²) < 4.78 is 32.7. The van der Waals surface area contributed by atoms with Gasteiger partial charge in [0.2, 0.25) is 0 Å². The van der Waals surface area contributed by atoms with Gasteiger partial charge in [-0.15, -0.1) is 0 Å². The number of amides is 3. The predicted molar refractivity (Wildman–Crippen MR) is 145 cm³/mol. The molecule has 3 aromatic rings. The number of methoxy groups -OCH3 is 1. The summed E-state index contributed by atoms with van der Waals surface area (Å²) in [7, 11) is 1.64. The smallest absolute Gasteiger partial charge is 0.293 e. The Morgan fingerprint density at radius 3 is 2.49 bits per heavy atom. The maximum atomic E-state index is 14.1. The van der Waals surface area contributed by atoms with Crippen molar-refractivity contribution in [3.8, 4) is 5.75 Å². The summed E-state index contributed by atoms with van der Waals surface area (Å²) >= 11 is 0.739. The molecule has 2 fully saturated rings. The Morgan fingerprint density at radius 2 is 1.74 bits per heavy atom. The minimum absolute atomic E-state index is 0.0401. The molecule has 5 rings (SSSR count). The van der Waals surface area contributed by atoms with Crippen LogP contribution in [-0.2, 0) is 11.3 Å². The first kappa shape index (κ1) is 26.4. The first-order valence-electron chi connectivity index (χ1n) is 12.3. The number of halogens is 2. The highest BCUT2D eigenvalue weighted by molar-refractivity contribution is 8.18. The molecule has 3 amide bonds. The average Bonchev–Trinajstić information content (AvgIpc) is 3.21. The highest BCUT2D eigenvalue weighted by Crippen LogP contribution is 2.34. The van der Waals surface area contributed by atoms with Crippen molar-refractivity contribution in [2.45, 2.75) is 6.54 Å². The summed E-state index contributed by atoms with van der Waals surface area (Å²) in [5.41, 5.74) is 2.10. The minimum atomic E-state index is -0.826. The van der Waals surface area contributed by atoms with E-state index < -0.39 is 22.8 Å². The molecule has 0 aliphatic carbocycles. The van der Waals surface area contributed by atoms with Gasteiger partial charge in [-0.3, -0.25) is 19.3 Å². The molecule has 2 aliphatic heterocycles. The number of carbonyl (C=O) groups excluding carboxylic acids is 3. The third-order valence-corrected chi connectivity index (χ3v) is 7.55. The molecule has 0 bridgehead atoms. The molecule has 0 spiro atoms. The van der Waals surface area contributed by atoms with Crippen molar-refractivity contribution in [1.82, 2.24) is 9.80 Å². The number of benzene rings is 3. The standard InChI is InChI=1S/C29H25F2N3O4S/c1-38-25-8-3-2-7-24(25)32-11-13-33(14-12-32)27(35)20-6-4-5-19(15-20)16-26-28(36)34(29(37)39-26)18-21-9-10-22(30)17-23(21)31/h2-10,15-17H,11-14,18H2,1H3/b26-16-. The van der Waals surface area contributed by atoms with Crippen LogP contribution < -0.4 is 9.64 Å². The number of nitrogens with zero attached hydrogens (tertiary/aromatic N) is 3. The molecule has 0 saturated carbocycles. The van der Waals surface area contributed by atoms with E-state index in [0.717, 1.165) is 34.2 Å². The Hall–Kier alpha value is -4.18. The maximum absolute atomic E-state index is 14.1. The van der Waals surface area contributed by atoms with Crippen LogP contribution in [0, 0.1) is 11.6 Å². The van der Waals surface area contributed by atoms with Crippen LogP contribution in [0.3, 0.4) is 0 Å². The van der Waals surface area contributed by atoms with Crippen LogP contribution in [0.5, 0.6) is 5.75 Å². The average molecular weight is 550 g/mol. The van der Waals surface area contributed by atoms with Crippen molar-refractivity contribution < 1.29 is 27.9 Å². The minimum Gasteiger partial charge on any atom is -0.495 e. The number of anilines is 1. The van der Waals surface area contributed by atoms with Gasteiger partial charge in [0.1, 0.15) is 17.4 Å². The molecule has 2 aliphatic rings. The fourth-order valence-electron chi connectivity index (χ4n) is 4.59. The molecule has 0 N–H and O–H groups in total. The second kappa shape index (κ2) is 11.3. The molecule has 200 valence electrons. The van der Waals surface area contributed by atoms with Gasteiger partial charge in [0.15, 0.2) is 0 Å². The molecule has 0 aromatic heterocycles. The first-order valence-corrected chi connectivity index (χ1v) is 13.1. The zero-order chi connectivity index (χ0) is 27.5. The Bertz CT molecular complexity index is 1470. The van der Waals surface area contributed by atoms with Crippen LogP contribution in [0.4, 0.5) is 19.3 Å². The van der Waals surface area contributed by atoms with Gasteiger partial charge in [0.05, 0.1) is 24.2 Å². The van der Waals surface area contributed by atoms with E-state index >= 15 is 0 Å². The zero-order valence-corrected chi connectivity index (χ0v) is 21.9. The maximum Gasteiger partial charge on any atom is 0.293 e. The van der Waals surface area contributed by atoms with Crippen molar-refractivity contribution in [1.29, 1.82) is 0 Å². The number of ether oxygens (including phenoxy) is 1. The summed E-state index contributed by atoms with van der Waals surface area (Å²) in [4.78, 5) is 43.7. The molecule has 10 heteroatoms. The molecule has 3 aromatic carbocycles. The second-order valence-electron chi connectivity index (χ2n) is 9.08. The van der Waals surface area contributed by atoms with E-state index in [1.165, 1.54) is 6.07 Å². The SMILES string of the molecule is COc1ccccc1N1CCN(C(=O)c2cccc(/C=C3\SC(=O)N(Cc4ccc(F)cc4F)C3=O)c2)CC1. The number of imide groups is 1. The molecular weight excluding hydrogens is 524 g/mol. The number of rotatable bonds is 6. The van der Waals surface area contributed by atoms with Crippen molar-refractivity contribution in [2.24, 2.45) is 0 Å². The second-order valence-corrected chi connectivity index (χ2v) is 10.1. The van der Waals surface area contributed by atoms with E-state index in [9.17, 15) is 23.2 Å². The van der Waals surface area contributed by atoms with E-state index in [1.54, 1.807) is 42.4 Å². The number of thioether (sulfide) groups is 1. The lowest BCUT2D eigenvalue weighted by Crippen LogP contribution is -2.48. The number of hydrogen-bond acceptors (Lipinski definition) is 6. The van der Waals surface area contributed by atoms with E-state index in [2.05, 4.69) is 4.90 Å². The van der Waals surface area contributed by atoms with Crippen LogP contribution in [-0.4, -0.2) is 60.1 Å². The van der Waals surface area contributed by atoms with Crippen LogP contribution in [0.25, 0.3) is 6.08 Å². The fraction of sp³-hybridized carbons (Fsp3) is 0.207. The van der Waals surface area contributed by atoms with Crippen molar-refractivity contribution in [2.75, 3.05) is 38.2 Å². The number of carbonyl (C=O) groups is 3. The lowest BCUT2D eigenvalue weighted by molar-refractivity contribution is -0.123. The molecule has 0 unspecified atom stereocenters. The van der Waals surface area contributed by atoms with Gasteiger partial charge >= 0.3 is 0 Å². The van der Waals surface area contributed by atoms with Crippen LogP contribution in [0.15, 0.2) is 71.6 Å².